The average molecular weight is 512 g/mol. The highest BCUT2D eigenvalue weighted by atomic mass is 127. The Labute approximate surface area is 188 Å². The minimum absolute atomic E-state index is 0. The Kier molecular flexibility index (Phi) is 9.75. The van der Waals surface area contributed by atoms with Gasteiger partial charge in [0.1, 0.15) is 25.4 Å². The lowest BCUT2D eigenvalue weighted by Gasteiger charge is -2.18. The van der Waals surface area contributed by atoms with Gasteiger partial charge < -0.3 is 24.7 Å². The number of guanidine groups is 1. The molecular formula is C20H29IN6O2. The summed E-state index contributed by atoms with van der Waals surface area (Å²) in [6.45, 7) is 9.87. The van der Waals surface area contributed by atoms with E-state index in [1.165, 1.54) is 5.56 Å². The van der Waals surface area contributed by atoms with Gasteiger partial charge in [0.25, 0.3) is 0 Å². The van der Waals surface area contributed by atoms with Gasteiger partial charge in [0.05, 0.1) is 0 Å². The standard InChI is InChI=1S/C20H28N6O2.HI/c1-3-8-21-20(23-10-11-26-15-24-25-19(26)4-2)22-9-7-16-5-6-17-18(14-16)28-13-12-27-17;/h3,5-6,14-15H,1,4,7-13H2,2H3,(H2,21,22,23);1H. The fourth-order valence-electron chi connectivity index (χ4n) is 2.92. The van der Waals surface area contributed by atoms with Gasteiger partial charge in [-0.2, -0.15) is 0 Å². The molecule has 8 nitrogen and oxygen atoms in total. The summed E-state index contributed by atoms with van der Waals surface area (Å²) in [5.41, 5.74) is 1.17. The van der Waals surface area contributed by atoms with Crippen molar-refractivity contribution in [3.8, 4) is 11.5 Å². The molecule has 0 amide bonds. The van der Waals surface area contributed by atoms with E-state index in [-0.39, 0.29) is 24.0 Å². The number of aliphatic imine (C=N–C) groups is 1. The number of rotatable bonds is 9. The molecule has 1 aliphatic rings. The van der Waals surface area contributed by atoms with Crippen molar-refractivity contribution < 1.29 is 9.47 Å². The van der Waals surface area contributed by atoms with Crippen molar-refractivity contribution in [1.82, 2.24) is 25.4 Å². The molecule has 0 unspecified atom stereocenters. The highest BCUT2D eigenvalue weighted by Gasteiger charge is 2.11. The summed E-state index contributed by atoms with van der Waals surface area (Å²) in [6.07, 6.45) is 5.26. The molecule has 0 spiro atoms. The second-order valence-corrected chi connectivity index (χ2v) is 6.35. The minimum atomic E-state index is 0. The number of aromatic nitrogens is 3. The van der Waals surface area contributed by atoms with Gasteiger partial charge in [-0.1, -0.05) is 19.1 Å². The molecule has 0 bridgehead atoms. The topological polar surface area (TPSA) is 85.6 Å². The fraction of sp³-hybridized carbons (Fsp3) is 0.450. The zero-order valence-corrected chi connectivity index (χ0v) is 19.1. The van der Waals surface area contributed by atoms with E-state index in [1.54, 1.807) is 6.33 Å². The number of fused-ring (bicyclic) bond motifs is 1. The first kappa shape index (κ1) is 23.0. The van der Waals surface area contributed by atoms with Crippen LogP contribution in [0.2, 0.25) is 0 Å². The van der Waals surface area contributed by atoms with Crippen LogP contribution in [0.15, 0.2) is 42.2 Å². The highest BCUT2D eigenvalue weighted by molar-refractivity contribution is 14.0. The van der Waals surface area contributed by atoms with E-state index in [9.17, 15) is 0 Å². The van der Waals surface area contributed by atoms with Crippen molar-refractivity contribution in [2.45, 2.75) is 26.3 Å². The lowest BCUT2D eigenvalue weighted by atomic mass is 10.1. The Bertz CT molecular complexity index is 808. The zero-order chi connectivity index (χ0) is 19.6. The second-order valence-electron chi connectivity index (χ2n) is 6.35. The number of benzene rings is 1. The van der Waals surface area contributed by atoms with Crippen LogP contribution in [0.3, 0.4) is 0 Å². The lowest BCUT2D eigenvalue weighted by molar-refractivity contribution is 0.171. The van der Waals surface area contributed by atoms with E-state index in [0.29, 0.717) is 26.3 Å². The predicted octanol–water partition coefficient (Wildman–Crippen LogP) is 2.19. The number of hydrogen-bond acceptors (Lipinski definition) is 5. The molecule has 1 aliphatic heterocycles. The summed E-state index contributed by atoms with van der Waals surface area (Å²) in [7, 11) is 0. The zero-order valence-electron chi connectivity index (χ0n) is 16.8. The largest absolute Gasteiger partial charge is 0.486 e. The molecule has 0 radical (unpaired) electrons. The minimum Gasteiger partial charge on any atom is -0.486 e. The first-order valence-electron chi connectivity index (χ1n) is 9.68. The van der Waals surface area contributed by atoms with Crippen LogP contribution in [-0.4, -0.2) is 53.6 Å². The van der Waals surface area contributed by atoms with Crippen LogP contribution in [0.1, 0.15) is 18.3 Å². The van der Waals surface area contributed by atoms with Crippen LogP contribution in [0, 0.1) is 0 Å². The molecule has 2 aromatic rings. The lowest BCUT2D eigenvalue weighted by Crippen LogP contribution is -2.39. The fourth-order valence-corrected chi connectivity index (χ4v) is 2.92. The second kappa shape index (κ2) is 12.3. The molecule has 1 aromatic carbocycles. The third-order valence-corrected chi connectivity index (χ3v) is 4.35. The van der Waals surface area contributed by atoms with Gasteiger partial charge in [-0.25, -0.2) is 0 Å². The molecule has 2 heterocycles. The molecular weight excluding hydrogens is 483 g/mol. The van der Waals surface area contributed by atoms with Crippen molar-refractivity contribution in [3.05, 3.63) is 48.6 Å². The molecule has 9 heteroatoms. The van der Waals surface area contributed by atoms with Crippen LogP contribution >= 0.6 is 24.0 Å². The van der Waals surface area contributed by atoms with Gasteiger partial charge in [0.15, 0.2) is 17.5 Å². The maximum atomic E-state index is 5.64. The quantitative estimate of drug-likeness (QED) is 0.232. The third-order valence-electron chi connectivity index (χ3n) is 4.35. The number of ether oxygens (including phenoxy) is 2. The smallest absolute Gasteiger partial charge is 0.191 e. The first-order chi connectivity index (χ1) is 13.8. The highest BCUT2D eigenvalue weighted by Crippen LogP contribution is 2.30. The SMILES string of the molecule is C=CCNC(=NCCc1ccc2c(c1)OCCO2)NCCn1cnnc1CC.I. The van der Waals surface area contributed by atoms with E-state index in [1.807, 2.05) is 22.8 Å². The Morgan fingerprint density at radius 2 is 2.10 bits per heavy atom. The predicted molar refractivity (Wildman–Crippen MR) is 124 cm³/mol. The van der Waals surface area contributed by atoms with E-state index < -0.39 is 0 Å². The molecule has 0 saturated heterocycles. The maximum absolute atomic E-state index is 5.64. The molecule has 0 aliphatic carbocycles. The molecule has 0 fully saturated rings. The van der Waals surface area contributed by atoms with Gasteiger partial charge >= 0.3 is 0 Å². The first-order valence-corrected chi connectivity index (χ1v) is 9.68. The van der Waals surface area contributed by atoms with Gasteiger partial charge in [-0.05, 0) is 24.1 Å². The number of hydrogen-bond donors (Lipinski definition) is 2. The summed E-state index contributed by atoms with van der Waals surface area (Å²) in [4.78, 5) is 4.66. The normalized spacial score (nSPS) is 12.8. The number of aryl methyl sites for hydroxylation is 1. The molecule has 2 N–H and O–H groups in total. The molecule has 29 heavy (non-hydrogen) atoms. The van der Waals surface area contributed by atoms with E-state index >= 15 is 0 Å². The Morgan fingerprint density at radius 3 is 2.90 bits per heavy atom. The number of nitrogens with zero attached hydrogens (tertiary/aromatic N) is 4. The van der Waals surface area contributed by atoms with Gasteiger partial charge in [0, 0.05) is 32.6 Å². The average Bonchev–Trinajstić information content (AvgIpc) is 3.19. The van der Waals surface area contributed by atoms with Crippen LogP contribution in [-0.2, 0) is 19.4 Å². The molecule has 1 aromatic heterocycles. The van der Waals surface area contributed by atoms with Crippen molar-refractivity contribution in [2.75, 3.05) is 32.8 Å². The Morgan fingerprint density at radius 1 is 1.28 bits per heavy atom. The summed E-state index contributed by atoms with van der Waals surface area (Å²) in [6, 6.07) is 6.06. The van der Waals surface area contributed by atoms with Crippen molar-refractivity contribution >= 4 is 29.9 Å². The van der Waals surface area contributed by atoms with Gasteiger partial charge in [-0.15, -0.1) is 40.8 Å². The van der Waals surface area contributed by atoms with Crippen molar-refractivity contribution in [1.29, 1.82) is 0 Å². The summed E-state index contributed by atoms with van der Waals surface area (Å²) >= 11 is 0. The van der Waals surface area contributed by atoms with Crippen LogP contribution in [0.4, 0.5) is 0 Å². The third kappa shape index (κ3) is 6.91. The number of nitrogens with one attached hydrogen (secondary N) is 2. The summed E-state index contributed by atoms with van der Waals surface area (Å²) in [5, 5.41) is 14.7. The number of halogens is 1. The van der Waals surface area contributed by atoms with Crippen molar-refractivity contribution in [2.24, 2.45) is 4.99 Å². The summed E-state index contributed by atoms with van der Waals surface area (Å²) in [5.74, 6) is 3.38. The molecule has 0 atom stereocenters. The molecule has 3 rings (SSSR count). The van der Waals surface area contributed by atoms with Crippen molar-refractivity contribution in [3.63, 3.8) is 0 Å². The van der Waals surface area contributed by atoms with Gasteiger partial charge in [0.2, 0.25) is 0 Å². The molecule has 158 valence electrons. The monoisotopic (exact) mass is 512 g/mol. The molecule has 0 saturated carbocycles. The van der Waals surface area contributed by atoms with E-state index in [2.05, 4.69) is 45.4 Å². The maximum Gasteiger partial charge on any atom is 0.191 e. The van der Waals surface area contributed by atoms with Crippen LogP contribution in [0.25, 0.3) is 0 Å². The Balaban J connectivity index is 0.00000300. The van der Waals surface area contributed by atoms with E-state index in [0.717, 1.165) is 49.2 Å². The Hall–Kier alpha value is -2.30. The van der Waals surface area contributed by atoms with Gasteiger partial charge in [-0.3, -0.25) is 4.99 Å². The van der Waals surface area contributed by atoms with Crippen LogP contribution in [0.5, 0.6) is 11.5 Å². The van der Waals surface area contributed by atoms with E-state index in [4.69, 9.17) is 9.47 Å². The summed E-state index contributed by atoms with van der Waals surface area (Å²) < 4.78 is 13.3. The van der Waals surface area contributed by atoms with Crippen LogP contribution < -0.4 is 20.1 Å².